The first-order valence-electron chi connectivity index (χ1n) is 7.80. The molecule has 1 aromatic carbocycles. The van der Waals surface area contributed by atoms with Crippen LogP contribution in [0.3, 0.4) is 0 Å². The standard InChI is InChI=1S/C18H23NOS/c1-13-8-9-17-15(10-13)18(20)16(12-21-17)19(2)11-14-6-4-3-5-7-14/h3-7,12-13,15,17H,8-11H2,1-2H3. The molecule has 3 unspecified atom stereocenters. The van der Waals surface area contributed by atoms with Crippen molar-refractivity contribution in [3.8, 4) is 0 Å². The first-order valence-corrected chi connectivity index (χ1v) is 8.74. The van der Waals surface area contributed by atoms with E-state index >= 15 is 0 Å². The molecule has 1 aliphatic carbocycles. The third kappa shape index (κ3) is 3.18. The lowest BCUT2D eigenvalue weighted by Gasteiger charge is -2.38. The summed E-state index contributed by atoms with van der Waals surface area (Å²) >= 11 is 1.88. The molecular formula is C18H23NOS. The highest BCUT2D eigenvalue weighted by Crippen LogP contribution is 2.42. The first-order chi connectivity index (χ1) is 10.1. The number of rotatable bonds is 3. The SMILES string of the molecule is CC1CCC2SC=C(N(C)Cc3ccccc3)C(=O)C2C1. The molecule has 1 heterocycles. The summed E-state index contributed by atoms with van der Waals surface area (Å²) in [7, 11) is 2.03. The van der Waals surface area contributed by atoms with Crippen LogP contribution in [0.25, 0.3) is 0 Å². The predicted octanol–water partition coefficient (Wildman–Crippen LogP) is 4.08. The van der Waals surface area contributed by atoms with Gasteiger partial charge >= 0.3 is 0 Å². The van der Waals surface area contributed by atoms with Crippen LogP contribution in [0, 0.1) is 11.8 Å². The van der Waals surface area contributed by atoms with Crippen LogP contribution in [-0.4, -0.2) is 23.0 Å². The Morgan fingerprint density at radius 3 is 2.76 bits per heavy atom. The van der Waals surface area contributed by atoms with E-state index in [2.05, 4.69) is 29.4 Å². The maximum absolute atomic E-state index is 12.8. The molecule has 0 radical (unpaired) electrons. The van der Waals surface area contributed by atoms with Crippen molar-refractivity contribution in [1.29, 1.82) is 0 Å². The highest BCUT2D eigenvalue weighted by molar-refractivity contribution is 8.02. The Bertz CT molecular complexity index is 539. The summed E-state index contributed by atoms with van der Waals surface area (Å²) in [5.74, 6) is 1.29. The number of carbonyl (C=O) groups excluding carboxylic acids is 1. The molecule has 2 aliphatic rings. The number of hydrogen-bond donors (Lipinski definition) is 0. The van der Waals surface area contributed by atoms with Crippen molar-refractivity contribution in [3.05, 3.63) is 47.0 Å². The third-order valence-corrected chi connectivity index (χ3v) is 5.94. The Hall–Kier alpha value is -1.22. The minimum absolute atomic E-state index is 0.233. The summed E-state index contributed by atoms with van der Waals surface area (Å²) in [6.45, 7) is 3.08. The summed E-state index contributed by atoms with van der Waals surface area (Å²) in [5.41, 5.74) is 2.15. The molecular weight excluding hydrogens is 278 g/mol. The molecule has 0 saturated heterocycles. The zero-order valence-electron chi connectivity index (χ0n) is 12.8. The van der Waals surface area contributed by atoms with Gasteiger partial charge in [-0.2, -0.15) is 0 Å². The monoisotopic (exact) mass is 301 g/mol. The van der Waals surface area contributed by atoms with Gasteiger partial charge in [0.25, 0.3) is 0 Å². The van der Waals surface area contributed by atoms with E-state index in [-0.39, 0.29) is 5.92 Å². The summed E-state index contributed by atoms with van der Waals surface area (Å²) in [4.78, 5) is 14.9. The average molecular weight is 301 g/mol. The topological polar surface area (TPSA) is 20.3 Å². The predicted molar refractivity (Wildman–Crippen MR) is 88.9 cm³/mol. The molecule has 21 heavy (non-hydrogen) atoms. The fraction of sp³-hybridized carbons (Fsp3) is 0.500. The molecule has 3 rings (SSSR count). The van der Waals surface area contributed by atoms with Crippen LogP contribution in [0.1, 0.15) is 31.7 Å². The molecule has 3 heteroatoms. The average Bonchev–Trinajstić information content (AvgIpc) is 2.49. The van der Waals surface area contributed by atoms with E-state index in [1.165, 1.54) is 18.4 Å². The fourth-order valence-corrected chi connectivity index (χ4v) is 4.71. The second-order valence-electron chi connectivity index (χ2n) is 6.41. The van der Waals surface area contributed by atoms with E-state index in [4.69, 9.17) is 0 Å². The van der Waals surface area contributed by atoms with Gasteiger partial charge in [-0.3, -0.25) is 4.79 Å². The van der Waals surface area contributed by atoms with Gasteiger partial charge in [-0.05, 0) is 36.2 Å². The van der Waals surface area contributed by atoms with E-state index in [0.717, 1.165) is 18.7 Å². The zero-order chi connectivity index (χ0) is 14.8. The maximum atomic E-state index is 12.8. The second-order valence-corrected chi connectivity index (χ2v) is 7.52. The number of hydrogen-bond acceptors (Lipinski definition) is 3. The van der Waals surface area contributed by atoms with E-state index in [0.29, 0.717) is 17.0 Å². The molecule has 0 amide bonds. The highest BCUT2D eigenvalue weighted by Gasteiger charge is 2.38. The Kier molecular flexibility index (Phi) is 4.39. The third-order valence-electron chi connectivity index (χ3n) is 4.67. The van der Waals surface area contributed by atoms with Crippen LogP contribution in [-0.2, 0) is 11.3 Å². The number of thioether (sulfide) groups is 1. The molecule has 0 bridgehead atoms. The van der Waals surface area contributed by atoms with Crippen molar-refractivity contribution >= 4 is 17.5 Å². The Labute approximate surface area is 131 Å². The van der Waals surface area contributed by atoms with Crippen LogP contribution in [0.15, 0.2) is 41.4 Å². The lowest BCUT2D eigenvalue weighted by atomic mass is 9.79. The molecule has 0 N–H and O–H groups in total. The number of allylic oxidation sites excluding steroid dienone is 1. The van der Waals surface area contributed by atoms with Crippen LogP contribution in [0.4, 0.5) is 0 Å². The smallest absolute Gasteiger partial charge is 0.183 e. The number of Topliss-reactive ketones (excluding diaryl/α,β-unsaturated/α-hetero) is 1. The molecule has 1 fully saturated rings. The van der Waals surface area contributed by atoms with Crippen molar-refractivity contribution in [1.82, 2.24) is 4.90 Å². The van der Waals surface area contributed by atoms with Gasteiger partial charge in [0.15, 0.2) is 5.78 Å². The molecule has 112 valence electrons. The maximum Gasteiger partial charge on any atom is 0.183 e. The van der Waals surface area contributed by atoms with Gasteiger partial charge in [-0.15, -0.1) is 11.8 Å². The summed E-state index contributed by atoms with van der Waals surface area (Å²) in [6, 6.07) is 10.4. The van der Waals surface area contributed by atoms with E-state index in [9.17, 15) is 4.79 Å². The number of likely N-dealkylation sites (N-methyl/N-ethyl adjacent to an activating group) is 1. The molecule has 0 aromatic heterocycles. The molecule has 1 aliphatic heterocycles. The summed E-state index contributed by atoms with van der Waals surface area (Å²) in [5, 5.41) is 2.62. The largest absolute Gasteiger partial charge is 0.367 e. The van der Waals surface area contributed by atoms with Gasteiger partial charge in [0.05, 0.1) is 5.70 Å². The van der Waals surface area contributed by atoms with E-state index < -0.39 is 0 Å². The first kappa shape index (κ1) is 14.7. The Morgan fingerprint density at radius 1 is 1.24 bits per heavy atom. The van der Waals surface area contributed by atoms with Gasteiger partial charge in [-0.25, -0.2) is 0 Å². The van der Waals surface area contributed by atoms with Crippen LogP contribution >= 0.6 is 11.8 Å². The number of benzene rings is 1. The van der Waals surface area contributed by atoms with Gasteiger partial charge in [-0.1, -0.05) is 37.3 Å². The molecule has 1 aromatic rings. The molecule has 3 atom stereocenters. The zero-order valence-corrected chi connectivity index (χ0v) is 13.6. The van der Waals surface area contributed by atoms with E-state index in [1.54, 1.807) is 0 Å². The molecule has 2 nitrogen and oxygen atoms in total. The van der Waals surface area contributed by atoms with Gasteiger partial charge < -0.3 is 4.90 Å². The van der Waals surface area contributed by atoms with E-state index in [1.807, 2.05) is 37.0 Å². The highest BCUT2D eigenvalue weighted by atomic mass is 32.2. The van der Waals surface area contributed by atoms with Crippen molar-refractivity contribution < 1.29 is 4.79 Å². The Morgan fingerprint density at radius 2 is 2.00 bits per heavy atom. The number of fused-ring (bicyclic) bond motifs is 1. The van der Waals surface area contributed by atoms with Gasteiger partial charge in [0, 0.05) is 24.8 Å². The van der Waals surface area contributed by atoms with Crippen LogP contribution in [0.2, 0.25) is 0 Å². The molecule has 1 saturated carbocycles. The molecule has 0 spiro atoms. The minimum Gasteiger partial charge on any atom is -0.367 e. The lowest BCUT2D eigenvalue weighted by molar-refractivity contribution is -0.121. The lowest BCUT2D eigenvalue weighted by Crippen LogP contribution is -2.39. The summed E-state index contributed by atoms with van der Waals surface area (Å²) in [6.07, 6.45) is 3.52. The minimum atomic E-state index is 0.233. The van der Waals surface area contributed by atoms with Crippen LogP contribution < -0.4 is 0 Å². The second kappa shape index (κ2) is 6.27. The van der Waals surface area contributed by atoms with Crippen molar-refractivity contribution in [2.75, 3.05) is 7.05 Å². The van der Waals surface area contributed by atoms with Gasteiger partial charge in [0.1, 0.15) is 0 Å². The van der Waals surface area contributed by atoms with Crippen LogP contribution in [0.5, 0.6) is 0 Å². The van der Waals surface area contributed by atoms with Gasteiger partial charge in [0.2, 0.25) is 0 Å². The normalized spacial score (nSPS) is 28.8. The summed E-state index contributed by atoms with van der Waals surface area (Å²) < 4.78 is 0. The number of ketones is 1. The van der Waals surface area contributed by atoms with Crippen molar-refractivity contribution in [2.24, 2.45) is 11.8 Å². The van der Waals surface area contributed by atoms with Crippen molar-refractivity contribution in [2.45, 2.75) is 38.0 Å². The number of carbonyl (C=O) groups is 1. The quantitative estimate of drug-likeness (QED) is 0.839. The fourth-order valence-electron chi connectivity index (χ4n) is 3.41. The van der Waals surface area contributed by atoms with Crippen molar-refractivity contribution in [3.63, 3.8) is 0 Å². The Balaban J connectivity index is 1.73. The number of nitrogens with zero attached hydrogens (tertiary/aromatic N) is 1.